The topological polar surface area (TPSA) is 65.0 Å². The van der Waals surface area contributed by atoms with Crippen molar-refractivity contribution in [3.05, 3.63) is 12.2 Å². The molecule has 5 nitrogen and oxygen atoms in total. The van der Waals surface area contributed by atoms with Crippen molar-refractivity contribution in [2.24, 2.45) is 5.41 Å². The number of ether oxygens (including phenoxy) is 3. The van der Waals surface area contributed by atoms with Crippen LogP contribution in [0, 0.1) is 5.41 Å². The van der Waals surface area contributed by atoms with E-state index in [4.69, 9.17) is 14.2 Å². The molecule has 1 aliphatic rings. The summed E-state index contributed by atoms with van der Waals surface area (Å²) in [6.45, 7) is 18.9. The third-order valence-electron chi connectivity index (χ3n) is 5.09. The van der Waals surface area contributed by atoms with E-state index in [0.29, 0.717) is 18.6 Å². The Hall–Kier alpha value is -0.910. The van der Waals surface area contributed by atoms with Gasteiger partial charge >= 0.3 is 5.97 Å². The summed E-state index contributed by atoms with van der Waals surface area (Å²) in [5.41, 5.74) is -1.29. The maximum absolute atomic E-state index is 11.8. The first-order valence-corrected chi connectivity index (χ1v) is 8.05. The Labute approximate surface area is 140 Å². The van der Waals surface area contributed by atoms with Crippen molar-refractivity contribution in [2.75, 3.05) is 6.61 Å². The van der Waals surface area contributed by atoms with Crippen molar-refractivity contribution in [2.45, 2.75) is 84.9 Å². The predicted octanol–water partition coefficient (Wildman–Crippen LogP) is 3.20. The SMILES string of the molecule is C=C(C)C(=O)OC(C)C(C)(C)C(C)(C)OC1(C)COC(C)(O)C1. The Morgan fingerprint density at radius 2 is 1.83 bits per heavy atom. The maximum Gasteiger partial charge on any atom is 0.333 e. The molecular weight excluding hydrogens is 296 g/mol. The quantitative estimate of drug-likeness (QED) is 0.599. The lowest BCUT2D eigenvalue weighted by Gasteiger charge is -2.48. The lowest BCUT2D eigenvalue weighted by Crippen LogP contribution is -2.54. The van der Waals surface area contributed by atoms with Crippen LogP contribution in [0.25, 0.3) is 0 Å². The third kappa shape index (κ3) is 4.55. The molecule has 0 amide bonds. The molecule has 0 spiro atoms. The molecule has 23 heavy (non-hydrogen) atoms. The van der Waals surface area contributed by atoms with Gasteiger partial charge < -0.3 is 19.3 Å². The molecule has 0 aliphatic carbocycles. The van der Waals surface area contributed by atoms with Crippen molar-refractivity contribution in [1.82, 2.24) is 0 Å². The van der Waals surface area contributed by atoms with E-state index in [1.165, 1.54) is 0 Å². The number of esters is 1. The number of aliphatic hydroxyl groups is 1. The lowest BCUT2D eigenvalue weighted by atomic mass is 9.72. The Morgan fingerprint density at radius 3 is 2.22 bits per heavy atom. The molecule has 0 aromatic heterocycles. The van der Waals surface area contributed by atoms with Gasteiger partial charge in [0, 0.05) is 17.4 Å². The summed E-state index contributed by atoms with van der Waals surface area (Å²) in [7, 11) is 0. The number of carbonyl (C=O) groups excluding carboxylic acids is 1. The number of hydrogen-bond donors (Lipinski definition) is 1. The lowest BCUT2D eigenvalue weighted by molar-refractivity contribution is -0.208. The number of rotatable bonds is 6. The molecule has 1 aliphatic heterocycles. The summed E-state index contributed by atoms with van der Waals surface area (Å²) in [6.07, 6.45) is 0.0209. The molecular formula is C18H32O5. The van der Waals surface area contributed by atoms with Crippen LogP contribution in [0.1, 0.15) is 61.8 Å². The van der Waals surface area contributed by atoms with Gasteiger partial charge in [0.2, 0.25) is 0 Å². The predicted molar refractivity (Wildman–Crippen MR) is 88.9 cm³/mol. The van der Waals surface area contributed by atoms with Gasteiger partial charge in [0.15, 0.2) is 5.79 Å². The Bertz CT molecular complexity index is 478. The van der Waals surface area contributed by atoms with Gasteiger partial charge in [-0.25, -0.2) is 4.79 Å². The van der Waals surface area contributed by atoms with Gasteiger partial charge in [-0.2, -0.15) is 0 Å². The standard InChI is InChI=1S/C18H32O5/c1-12(2)14(19)22-13(3)15(4,5)16(6,7)23-17(8)10-18(9,20)21-11-17/h13,20H,1,10-11H2,2-9H3. The van der Waals surface area contributed by atoms with Crippen molar-refractivity contribution >= 4 is 5.97 Å². The van der Waals surface area contributed by atoms with E-state index >= 15 is 0 Å². The van der Waals surface area contributed by atoms with E-state index in [1.54, 1.807) is 13.8 Å². The molecule has 134 valence electrons. The van der Waals surface area contributed by atoms with Crippen molar-refractivity contribution in [1.29, 1.82) is 0 Å². The second-order valence-electron chi connectivity index (χ2n) is 8.25. The molecule has 1 fully saturated rings. The molecule has 1 heterocycles. The van der Waals surface area contributed by atoms with Gasteiger partial charge in [-0.05, 0) is 41.5 Å². The fraction of sp³-hybridized carbons (Fsp3) is 0.833. The van der Waals surface area contributed by atoms with Crippen LogP contribution in [0.5, 0.6) is 0 Å². The average Bonchev–Trinajstić information content (AvgIpc) is 2.61. The first-order valence-electron chi connectivity index (χ1n) is 8.05. The fourth-order valence-electron chi connectivity index (χ4n) is 2.82. The van der Waals surface area contributed by atoms with Crippen molar-refractivity contribution in [3.63, 3.8) is 0 Å². The van der Waals surface area contributed by atoms with Crippen LogP contribution >= 0.6 is 0 Å². The minimum Gasteiger partial charge on any atom is -0.459 e. The van der Waals surface area contributed by atoms with Crippen LogP contribution in [-0.4, -0.2) is 40.8 Å². The van der Waals surface area contributed by atoms with Crippen LogP contribution in [-0.2, 0) is 19.0 Å². The second kappa shape index (κ2) is 6.19. The highest BCUT2D eigenvalue weighted by Gasteiger charge is 2.52. The smallest absolute Gasteiger partial charge is 0.333 e. The van der Waals surface area contributed by atoms with Crippen molar-refractivity contribution < 1.29 is 24.1 Å². The molecule has 5 heteroatoms. The van der Waals surface area contributed by atoms with Crippen LogP contribution in [0.4, 0.5) is 0 Å². The fourth-order valence-corrected chi connectivity index (χ4v) is 2.82. The van der Waals surface area contributed by atoms with Gasteiger partial charge in [-0.3, -0.25) is 0 Å². The molecule has 0 bridgehead atoms. The zero-order valence-electron chi connectivity index (χ0n) is 15.8. The summed E-state index contributed by atoms with van der Waals surface area (Å²) >= 11 is 0. The normalized spacial score (nSPS) is 30.1. The van der Waals surface area contributed by atoms with Crippen LogP contribution in [0.15, 0.2) is 12.2 Å². The molecule has 1 N–H and O–H groups in total. The molecule has 3 atom stereocenters. The molecule has 0 saturated carbocycles. The second-order valence-corrected chi connectivity index (χ2v) is 8.25. The Morgan fingerprint density at radius 1 is 1.30 bits per heavy atom. The van der Waals surface area contributed by atoms with Crippen LogP contribution in [0.3, 0.4) is 0 Å². The van der Waals surface area contributed by atoms with Crippen LogP contribution in [0.2, 0.25) is 0 Å². The van der Waals surface area contributed by atoms with Crippen LogP contribution < -0.4 is 0 Å². The summed E-state index contributed by atoms with van der Waals surface area (Å²) < 4.78 is 17.3. The largest absolute Gasteiger partial charge is 0.459 e. The molecule has 0 aromatic carbocycles. The third-order valence-corrected chi connectivity index (χ3v) is 5.09. The van der Waals surface area contributed by atoms with Gasteiger partial charge in [-0.15, -0.1) is 0 Å². The average molecular weight is 328 g/mol. The molecule has 0 radical (unpaired) electrons. The summed E-state index contributed by atoms with van der Waals surface area (Å²) in [5, 5.41) is 10.0. The zero-order valence-corrected chi connectivity index (χ0v) is 15.8. The number of hydrogen-bond acceptors (Lipinski definition) is 5. The van der Waals surface area contributed by atoms with Gasteiger partial charge in [0.25, 0.3) is 0 Å². The Balaban J connectivity index is 2.88. The van der Waals surface area contributed by atoms with E-state index < -0.39 is 28.4 Å². The summed E-state index contributed by atoms with van der Waals surface area (Å²) in [5.74, 6) is -1.58. The highest BCUT2D eigenvalue weighted by Crippen LogP contribution is 2.44. The molecule has 3 unspecified atom stereocenters. The summed E-state index contributed by atoms with van der Waals surface area (Å²) in [6, 6.07) is 0. The maximum atomic E-state index is 11.8. The molecule has 1 saturated heterocycles. The van der Waals surface area contributed by atoms with E-state index in [0.717, 1.165) is 0 Å². The van der Waals surface area contributed by atoms with E-state index in [1.807, 2.05) is 41.5 Å². The van der Waals surface area contributed by atoms with Gasteiger partial charge in [-0.1, -0.05) is 20.4 Å². The first kappa shape index (κ1) is 20.1. The highest BCUT2D eigenvalue weighted by atomic mass is 16.7. The van der Waals surface area contributed by atoms with E-state index in [9.17, 15) is 9.90 Å². The highest BCUT2D eigenvalue weighted by molar-refractivity contribution is 5.87. The van der Waals surface area contributed by atoms with Crippen molar-refractivity contribution in [3.8, 4) is 0 Å². The minimum absolute atomic E-state index is 0.319. The monoisotopic (exact) mass is 328 g/mol. The number of carbonyl (C=O) groups is 1. The first-order chi connectivity index (χ1) is 10.1. The molecule has 0 aromatic rings. The Kier molecular flexibility index (Phi) is 5.42. The molecule has 1 rings (SSSR count). The van der Waals surface area contributed by atoms with Gasteiger partial charge in [0.1, 0.15) is 6.10 Å². The zero-order chi connectivity index (χ0) is 18.3. The summed E-state index contributed by atoms with van der Waals surface area (Å²) in [4.78, 5) is 11.8. The van der Waals surface area contributed by atoms with Gasteiger partial charge in [0.05, 0.1) is 17.8 Å². The minimum atomic E-state index is -1.17. The van der Waals surface area contributed by atoms with E-state index in [2.05, 4.69) is 6.58 Å². The van der Waals surface area contributed by atoms with E-state index in [-0.39, 0.29) is 6.10 Å².